The maximum Gasteiger partial charge on any atom is 0.305 e. The first kappa shape index (κ1) is 41.9. The molecule has 0 aromatic carbocycles. The van der Waals surface area contributed by atoms with E-state index in [1.807, 2.05) is 0 Å². The molecule has 43 heavy (non-hydrogen) atoms. The highest BCUT2D eigenvalue weighted by Gasteiger charge is 2.06. The number of carbonyl (C=O) groups excluding carboxylic acids is 2. The summed E-state index contributed by atoms with van der Waals surface area (Å²) in [6, 6.07) is 0. The number of unbranched alkanes of at least 4 members (excludes halogenated alkanes) is 24. The fraction of sp³-hybridized carbons (Fsp3) is 0.947. The average Bonchev–Trinajstić information content (AvgIpc) is 3.00. The van der Waals surface area contributed by atoms with Gasteiger partial charge in [0.05, 0.1) is 0 Å². The summed E-state index contributed by atoms with van der Waals surface area (Å²) >= 11 is 0. The molecule has 0 radical (unpaired) electrons. The van der Waals surface area contributed by atoms with Gasteiger partial charge in [0.25, 0.3) is 0 Å². The Hall–Kier alpha value is -1.10. The zero-order valence-electron chi connectivity index (χ0n) is 29.5. The van der Waals surface area contributed by atoms with Crippen LogP contribution < -0.4 is 5.32 Å². The third-order valence-electron chi connectivity index (χ3n) is 8.77. The van der Waals surface area contributed by atoms with Gasteiger partial charge in [0.15, 0.2) is 0 Å². The Morgan fingerprint density at radius 1 is 0.488 bits per heavy atom. The number of carbonyl (C=O) groups is 2. The van der Waals surface area contributed by atoms with Gasteiger partial charge < -0.3 is 15.0 Å². The molecule has 0 aromatic rings. The highest BCUT2D eigenvalue weighted by Crippen LogP contribution is 2.14. The summed E-state index contributed by atoms with van der Waals surface area (Å²) in [7, 11) is 2.05. The summed E-state index contributed by atoms with van der Waals surface area (Å²) in [5.74, 6) is 0.129. The number of hydrogen-bond acceptors (Lipinski definition) is 4. The first-order chi connectivity index (χ1) is 21.1. The van der Waals surface area contributed by atoms with Crippen LogP contribution in [0.15, 0.2) is 0 Å². The summed E-state index contributed by atoms with van der Waals surface area (Å²) in [5.41, 5.74) is 0. The Balaban J connectivity index is 3.36. The number of amides is 1. The fourth-order valence-corrected chi connectivity index (χ4v) is 5.75. The molecule has 1 amide bonds. The number of esters is 1. The quantitative estimate of drug-likeness (QED) is 0.0574. The molecular weight excluding hydrogens is 532 g/mol. The lowest BCUT2D eigenvalue weighted by molar-refractivity contribution is -0.144. The van der Waals surface area contributed by atoms with Gasteiger partial charge in [0.2, 0.25) is 5.91 Å². The minimum atomic E-state index is -0.0584. The minimum Gasteiger partial charge on any atom is -0.464 e. The monoisotopic (exact) mass is 609 g/mol. The predicted molar refractivity (Wildman–Crippen MR) is 187 cm³/mol. The van der Waals surface area contributed by atoms with Crippen LogP contribution in [0, 0.1) is 0 Å². The Morgan fingerprint density at radius 2 is 0.860 bits per heavy atom. The van der Waals surface area contributed by atoms with Crippen LogP contribution in [0.1, 0.15) is 200 Å². The van der Waals surface area contributed by atoms with Crippen molar-refractivity contribution in [2.75, 3.05) is 33.3 Å². The molecule has 0 aliphatic rings. The van der Waals surface area contributed by atoms with E-state index in [1.54, 1.807) is 0 Å². The average molecular weight is 609 g/mol. The van der Waals surface area contributed by atoms with Gasteiger partial charge >= 0.3 is 5.97 Å². The first-order valence-electron chi connectivity index (χ1n) is 19.2. The van der Waals surface area contributed by atoms with E-state index in [2.05, 4.69) is 31.1 Å². The van der Waals surface area contributed by atoms with E-state index < -0.39 is 0 Å². The van der Waals surface area contributed by atoms with Crippen LogP contribution in [-0.2, 0) is 14.3 Å². The summed E-state index contributed by atoms with van der Waals surface area (Å²) < 4.78 is 5.43. The van der Waals surface area contributed by atoms with Crippen LogP contribution >= 0.6 is 0 Å². The van der Waals surface area contributed by atoms with Crippen molar-refractivity contribution < 1.29 is 14.3 Å². The van der Waals surface area contributed by atoms with Gasteiger partial charge in [-0.25, -0.2) is 0 Å². The van der Waals surface area contributed by atoms with Crippen LogP contribution in [0.5, 0.6) is 0 Å². The lowest BCUT2D eigenvalue weighted by atomic mass is 10.0. The molecule has 0 aromatic heterocycles. The molecule has 0 aliphatic heterocycles. The van der Waals surface area contributed by atoms with Gasteiger partial charge in [-0.05, 0) is 32.9 Å². The molecule has 0 fully saturated rings. The van der Waals surface area contributed by atoms with Crippen molar-refractivity contribution in [1.29, 1.82) is 0 Å². The molecule has 5 nitrogen and oxygen atoms in total. The van der Waals surface area contributed by atoms with Gasteiger partial charge in [-0.2, -0.15) is 0 Å². The SMILES string of the molecule is CCCCCCCCCCCCCCCC(=O)NCCCN(C)CCOC(=O)CCCCCCCCCCCCCCC. The molecule has 0 heterocycles. The molecule has 0 spiro atoms. The first-order valence-corrected chi connectivity index (χ1v) is 19.2. The van der Waals surface area contributed by atoms with Gasteiger partial charge in [0, 0.05) is 25.9 Å². The maximum atomic E-state index is 12.1. The third kappa shape index (κ3) is 35.3. The Morgan fingerprint density at radius 3 is 1.28 bits per heavy atom. The van der Waals surface area contributed by atoms with Crippen LogP contribution in [0.25, 0.3) is 0 Å². The van der Waals surface area contributed by atoms with Crippen molar-refractivity contribution in [3.05, 3.63) is 0 Å². The number of ether oxygens (including phenoxy) is 1. The maximum absolute atomic E-state index is 12.1. The molecule has 0 unspecified atom stereocenters. The van der Waals surface area contributed by atoms with E-state index in [9.17, 15) is 9.59 Å². The molecule has 256 valence electrons. The number of nitrogens with one attached hydrogen (secondary N) is 1. The summed E-state index contributed by atoms with van der Waals surface area (Å²) in [4.78, 5) is 26.3. The molecule has 0 bridgehead atoms. The predicted octanol–water partition coefficient (Wildman–Crippen LogP) is 10.9. The lowest BCUT2D eigenvalue weighted by Crippen LogP contribution is -2.30. The summed E-state index contributed by atoms with van der Waals surface area (Å²) in [6.45, 7) is 7.38. The Labute approximate surface area is 269 Å². The van der Waals surface area contributed by atoms with Crippen molar-refractivity contribution >= 4 is 11.9 Å². The van der Waals surface area contributed by atoms with Crippen LogP contribution in [0.3, 0.4) is 0 Å². The second-order valence-electron chi connectivity index (χ2n) is 13.2. The Kier molecular flexibility index (Phi) is 34.5. The second-order valence-corrected chi connectivity index (χ2v) is 13.2. The van der Waals surface area contributed by atoms with E-state index in [-0.39, 0.29) is 11.9 Å². The van der Waals surface area contributed by atoms with Crippen molar-refractivity contribution in [2.45, 2.75) is 200 Å². The summed E-state index contributed by atoms with van der Waals surface area (Å²) in [6.07, 6.45) is 36.5. The molecule has 0 saturated heterocycles. The van der Waals surface area contributed by atoms with Crippen LogP contribution in [-0.4, -0.2) is 50.1 Å². The molecule has 0 atom stereocenters. The molecule has 0 saturated carbocycles. The molecule has 5 heteroatoms. The number of likely N-dealkylation sites (N-methyl/N-ethyl adjacent to an activating group) is 1. The van der Waals surface area contributed by atoms with Crippen molar-refractivity contribution in [3.8, 4) is 0 Å². The van der Waals surface area contributed by atoms with Gasteiger partial charge in [-0.15, -0.1) is 0 Å². The number of hydrogen-bond donors (Lipinski definition) is 1. The lowest BCUT2D eigenvalue weighted by Gasteiger charge is -2.16. The minimum absolute atomic E-state index is 0.0584. The van der Waals surface area contributed by atoms with Crippen LogP contribution in [0.2, 0.25) is 0 Å². The molecular formula is C38H76N2O3. The normalized spacial score (nSPS) is 11.3. The van der Waals surface area contributed by atoms with Crippen molar-refractivity contribution in [1.82, 2.24) is 10.2 Å². The smallest absolute Gasteiger partial charge is 0.305 e. The summed E-state index contributed by atoms with van der Waals surface area (Å²) in [5, 5.41) is 3.06. The molecule has 1 N–H and O–H groups in total. The third-order valence-corrected chi connectivity index (χ3v) is 8.77. The van der Waals surface area contributed by atoms with Gasteiger partial charge in [-0.3, -0.25) is 9.59 Å². The van der Waals surface area contributed by atoms with Gasteiger partial charge in [0.1, 0.15) is 6.61 Å². The highest BCUT2D eigenvalue weighted by molar-refractivity contribution is 5.75. The van der Waals surface area contributed by atoms with Gasteiger partial charge in [-0.1, -0.05) is 168 Å². The molecule has 0 rings (SSSR count). The second kappa shape index (κ2) is 35.4. The largest absolute Gasteiger partial charge is 0.464 e. The van der Waals surface area contributed by atoms with E-state index in [1.165, 1.54) is 148 Å². The van der Waals surface area contributed by atoms with E-state index >= 15 is 0 Å². The Bertz CT molecular complexity index is 584. The number of rotatable bonds is 35. The van der Waals surface area contributed by atoms with E-state index in [0.717, 1.165) is 45.3 Å². The van der Waals surface area contributed by atoms with Crippen molar-refractivity contribution in [2.24, 2.45) is 0 Å². The van der Waals surface area contributed by atoms with Crippen molar-refractivity contribution in [3.63, 3.8) is 0 Å². The zero-order valence-corrected chi connectivity index (χ0v) is 29.5. The molecule has 0 aliphatic carbocycles. The van der Waals surface area contributed by atoms with E-state index in [0.29, 0.717) is 19.4 Å². The van der Waals surface area contributed by atoms with Crippen LogP contribution in [0.4, 0.5) is 0 Å². The van der Waals surface area contributed by atoms with E-state index in [4.69, 9.17) is 4.74 Å². The zero-order chi connectivity index (χ0) is 31.5. The topological polar surface area (TPSA) is 58.6 Å². The highest BCUT2D eigenvalue weighted by atomic mass is 16.5. The standard InChI is InChI=1S/C38H76N2O3/c1-4-6-8-10-12-14-16-18-20-22-24-26-28-31-37(41)39-33-30-34-40(3)35-36-43-38(42)32-29-27-25-23-21-19-17-15-13-11-9-7-5-2/h4-36H2,1-3H3,(H,39,41). The fourth-order valence-electron chi connectivity index (χ4n) is 5.75. The number of nitrogens with zero attached hydrogens (tertiary/aromatic N) is 1.